The second kappa shape index (κ2) is 5.30. The van der Waals surface area contributed by atoms with Gasteiger partial charge in [0.15, 0.2) is 11.0 Å². The van der Waals surface area contributed by atoms with E-state index in [1.165, 1.54) is 0 Å². The molecule has 0 aliphatic heterocycles. The largest absolute Gasteiger partial charge is 0.231 e. The van der Waals surface area contributed by atoms with Crippen molar-refractivity contribution in [3.8, 4) is 17.1 Å². The van der Waals surface area contributed by atoms with Crippen LogP contribution in [0.25, 0.3) is 23.2 Å². The second-order valence-electron chi connectivity index (χ2n) is 4.16. The van der Waals surface area contributed by atoms with E-state index in [2.05, 4.69) is 34.3 Å². The van der Waals surface area contributed by atoms with Gasteiger partial charge < -0.3 is 0 Å². The van der Waals surface area contributed by atoms with Crippen molar-refractivity contribution in [3.05, 3.63) is 60.9 Å². The summed E-state index contributed by atoms with van der Waals surface area (Å²) in [6, 6.07) is 11.8. The molecule has 20 heavy (non-hydrogen) atoms. The topological polar surface area (TPSA) is 43.6 Å². The van der Waals surface area contributed by atoms with Crippen LogP contribution in [0, 0.1) is 0 Å². The maximum absolute atomic E-state index is 4.58. The molecule has 0 saturated carbocycles. The summed E-state index contributed by atoms with van der Waals surface area (Å²) < 4.78 is 1.71. The van der Waals surface area contributed by atoms with E-state index in [-0.39, 0.29) is 0 Å². The van der Waals surface area contributed by atoms with Crippen molar-refractivity contribution in [1.29, 1.82) is 0 Å². The Morgan fingerprint density at radius 2 is 1.95 bits per heavy atom. The van der Waals surface area contributed by atoms with Crippen molar-refractivity contribution in [2.24, 2.45) is 0 Å². The fourth-order valence-corrected chi connectivity index (χ4v) is 2.11. The third-order valence-corrected chi connectivity index (χ3v) is 3.09. The highest BCUT2D eigenvalue weighted by atomic mass is 32.1. The molecule has 2 heterocycles. The maximum Gasteiger partial charge on any atom is 0.186 e. The number of rotatable bonds is 3. The zero-order chi connectivity index (χ0) is 13.9. The first-order chi connectivity index (χ1) is 9.78. The molecule has 0 radical (unpaired) electrons. The zero-order valence-electron chi connectivity index (χ0n) is 10.6. The zero-order valence-corrected chi connectivity index (χ0v) is 11.5. The molecule has 1 aromatic carbocycles. The van der Waals surface area contributed by atoms with Crippen LogP contribution in [0.15, 0.2) is 60.5 Å². The van der Waals surface area contributed by atoms with Gasteiger partial charge in [0, 0.05) is 29.6 Å². The van der Waals surface area contributed by atoms with E-state index < -0.39 is 0 Å². The van der Waals surface area contributed by atoms with Crippen molar-refractivity contribution in [1.82, 2.24) is 19.7 Å². The fraction of sp³-hybridized carbons (Fsp3) is 0. The molecule has 3 aromatic rings. The predicted molar refractivity (Wildman–Crippen MR) is 81.9 cm³/mol. The molecule has 0 saturated heterocycles. The van der Waals surface area contributed by atoms with Crippen molar-refractivity contribution in [2.75, 3.05) is 0 Å². The minimum absolute atomic E-state index is 0.416. The van der Waals surface area contributed by atoms with Gasteiger partial charge in [-0.25, -0.2) is 14.6 Å². The van der Waals surface area contributed by atoms with Gasteiger partial charge in [0.1, 0.15) is 0 Å². The molecule has 0 amide bonds. The van der Waals surface area contributed by atoms with Crippen LogP contribution in [0.5, 0.6) is 0 Å². The molecule has 0 spiro atoms. The van der Waals surface area contributed by atoms with Crippen molar-refractivity contribution >= 4 is 18.7 Å². The third-order valence-electron chi connectivity index (χ3n) is 2.87. The molecule has 0 atom stereocenters. The highest BCUT2D eigenvalue weighted by Gasteiger charge is 2.10. The van der Waals surface area contributed by atoms with Crippen LogP contribution in [0.4, 0.5) is 0 Å². The molecule has 0 N–H and O–H groups in total. The summed E-state index contributed by atoms with van der Waals surface area (Å²) in [5, 5.41) is 5.00. The minimum atomic E-state index is 0.416. The maximum atomic E-state index is 4.58. The smallest absolute Gasteiger partial charge is 0.186 e. The standard InChI is InChI=1S/C15H12N4S/c1-2-11-10-19(13-8-9-16-15(20)17-13)18-14(11)12-6-4-3-5-7-12/h2-10H,1H2,(H,16,17,20). The third kappa shape index (κ3) is 2.35. The Hall–Kier alpha value is -2.40. The van der Waals surface area contributed by atoms with E-state index in [4.69, 9.17) is 0 Å². The van der Waals surface area contributed by atoms with Crippen LogP contribution in [0.2, 0.25) is 0 Å². The predicted octanol–water partition coefficient (Wildman–Crippen LogP) is 3.26. The monoisotopic (exact) mass is 280 g/mol. The van der Waals surface area contributed by atoms with Gasteiger partial charge in [0.25, 0.3) is 0 Å². The van der Waals surface area contributed by atoms with Gasteiger partial charge >= 0.3 is 0 Å². The number of thiol groups is 1. The SMILES string of the molecule is C=Cc1cn(-c2ccnc(S)n2)nc1-c1ccccc1. The molecule has 2 aromatic heterocycles. The number of nitrogens with zero attached hydrogens (tertiary/aromatic N) is 4. The van der Waals surface area contributed by atoms with Gasteiger partial charge in [-0.1, -0.05) is 43.0 Å². The first kappa shape index (κ1) is 12.6. The molecule has 0 bridgehead atoms. The Balaban J connectivity index is 2.12. The fourth-order valence-electron chi connectivity index (χ4n) is 1.94. The normalized spacial score (nSPS) is 10.4. The van der Waals surface area contributed by atoms with E-state index >= 15 is 0 Å². The highest BCUT2D eigenvalue weighted by Crippen LogP contribution is 2.23. The van der Waals surface area contributed by atoms with Crippen LogP contribution < -0.4 is 0 Å². The molecular formula is C15H12N4S. The Labute approximate surface area is 122 Å². The van der Waals surface area contributed by atoms with Crippen LogP contribution in [0.3, 0.4) is 0 Å². The van der Waals surface area contributed by atoms with Crippen LogP contribution in [-0.2, 0) is 0 Å². The second-order valence-corrected chi connectivity index (χ2v) is 4.56. The minimum Gasteiger partial charge on any atom is -0.231 e. The van der Waals surface area contributed by atoms with Crippen LogP contribution >= 0.6 is 12.6 Å². The lowest BCUT2D eigenvalue weighted by molar-refractivity contribution is 0.810. The van der Waals surface area contributed by atoms with E-state index in [0.717, 1.165) is 16.8 Å². The van der Waals surface area contributed by atoms with E-state index in [1.807, 2.05) is 36.5 Å². The average molecular weight is 280 g/mol. The van der Waals surface area contributed by atoms with E-state index in [9.17, 15) is 0 Å². The summed E-state index contributed by atoms with van der Waals surface area (Å²) in [6.07, 6.45) is 5.33. The number of benzene rings is 1. The summed E-state index contributed by atoms with van der Waals surface area (Å²) >= 11 is 4.15. The highest BCUT2D eigenvalue weighted by molar-refractivity contribution is 7.80. The van der Waals surface area contributed by atoms with Crippen molar-refractivity contribution in [2.45, 2.75) is 5.16 Å². The molecule has 4 nitrogen and oxygen atoms in total. The van der Waals surface area contributed by atoms with Gasteiger partial charge in [-0.3, -0.25) is 0 Å². The average Bonchev–Trinajstić information content (AvgIpc) is 2.92. The molecule has 0 aliphatic rings. The van der Waals surface area contributed by atoms with Gasteiger partial charge in [-0.2, -0.15) is 5.10 Å². The lowest BCUT2D eigenvalue weighted by Gasteiger charge is -2.00. The van der Waals surface area contributed by atoms with E-state index in [1.54, 1.807) is 23.0 Å². The Morgan fingerprint density at radius 3 is 2.65 bits per heavy atom. The summed E-state index contributed by atoms with van der Waals surface area (Å²) in [5.41, 5.74) is 2.87. The Bertz CT molecular complexity index is 750. The van der Waals surface area contributed by atoms with Gasteiger partial charge in [0.05, 0.1) is 5.69 Å². The molecule has 0 unspecified atom stereocenters. The number of hydrogen-bond donors (Lipinski definition) is 1. The van der Waals surface area contributed by atoms with Crippen molar-refractivity contribution in [3.63, 3.8) is 0 Å². The first-order valence-corrected chi connectivity index (χ1v) is 6.52. The Kier molecular flexibility index (Phi) is 3.35. The molecule has 5 heteroatoms. The molecule has 98 valence electrons. The lowest BCUT2D eigenvalue weighted by Crippen LogP contribution is -1.99. The molecule has 0 fully saturated rings. The van der Waals surface area contributed by atoms with Gasteiger partial charge in [0.2, 0.25) is 0 Å². The lowest BCUT2D eigenvalue weighted by atomic mass is 10.1. The van der Waals surface area contributed by atoms with Gasteiger partial charge in [-0.15, -0.1) is 12.6 Å². The quantitative estimate of drug-likeness (QED) is 0.591. The number of aromatic nitrogens is 4. The molecule has 3 rings (SSSR count). The van der Waals surface area contributed by atoms with Crippen LogP contribution in [-0.4, -0.2) is 19.7 Å². The summed E-state index contributed by atoms with van der Waals surface area (Å²) in [6.45, 7) is 3.84. The van der Waals surface area contributed by atoms with Crippen molar-refractivity contribution < 1.29 is 0 Å². The first-order valence-electron chi connectivity index (χ1n) is 6.08. The summed E-state index contributed by atoms with van der Waals surface area (Å²) in [7, 11) is 0. The summed E-state index contributed by atoms with van der Waals surface area (Å²) in [4.78, 5) is 8.21. The Morgan fingerprint density at radius 1 is 1.15 bits per heavy atom. The summed E-state index contributed by atoms with van der Waals surface area (Å²) in [5.74, 6) is 0.676. The van der Waals surface area contributed by atoms with Gasteiger partial charge in [-0.05, 0) is 0 Å². The number of hydrogen-bond acceptors (Lipinski definition) is 4. The molecular weight excluding hydrogens is 268 g/mol. The molecule has 0 aliphatic carbocycles. The van der Waals surface area contributed by atoms with E-state index in [0.29, 0.717) is 11.0 Å². The van der Waals surface area contributed by atoms with Crippen LogP contribution in [0.1, 0.15) is 5.56 Å².